The number of fused-ring (bicyclic) bond motifs is 1. The number of aryl methyl sites for hydroxylation is 1. The predicted molar refractivity (Wildman–Crippen MR) is 99.1 cm³/mol. The van der Waals surface area contributed by atoms with Crippen molar-refractivity contribution in [2.24, 2.45) is 0 Å². The van der Waals surface area contributed by atoms with Gasteiger partial charge in [0.2, 0.25) is 0 Å². The minimum atomic E-state index is -0.465. The van der Waals surface area contributed by atoms with Crippen molar-refractivity contribution in [2.45, 2.75) is 32.1 Å². The van der Waals surface area contributed by atoms with Gasteiger partial charge in [0, 0.05) is 12.1 Å². The Kier molecular flexibility index (Phi) is 3.87. The van der Waals surface area contributed by atoms with E-state index in [1.807, 2.05) is 13.0 Å². The first-order valence-electron chi connectivity index (χ1n) is 9.33. The third kappa shape index (κ3) is 2.82. The molecule has 0 aliphatic carbocycles. The summed E-state index contributed by atoms with van der Waals surface area (Å²) in [7, 11) is 0. The highest BCUT2D eigenvalue weighted by Crippen LogP contribution is 2.35. The van der Waals surface area contributed by atoms with E-state index in [0.717, 1.165) is 23.5 Å². The van der Waals surface area contributed by atoms with Gasteiger partial charge in [0.05, 0.1) is 25.0 Å². The van der Waals surface area contributed by atoms with E-state index in [2.05, 4.69) is 9.55 Å². The number of carbonyl (C=O) groups is 1. The minimum Gasteiger partial charge on any atom is -0.456 e. The second-order valence-electron chi connectivity index (χ2n) is 7.51. The molecule has 0 radical (unpaired) electrons. The molecular weight excluding hydrogens is 361 g/mol. The Balaban J connectivity index is 1.40. The molecule has 1 atom stereocenters. The number of amides is 1. The zero-order valence-corrected chi connectivity index (χ0v) is 15.5. The summed E-state index contributed by atoms with van der Waals surface area (Å²) < 4.78 is 27.4. The lowest BCUT2D eigenvalue weighted by molar-refractivity contribution is -0.0805. The topological polar surface area (TPSA) is 60.5 Å². The van der Waals surface area contributed by atoms with Crippen LogP contribution in [-0.2, 0) is 17.9 Å². The largest absolute Gasteiger partial charge is 0.456 e. The second-order valence-corrected chi connectivity index (χ2v) is 7.51. The number of nitrogens with zero attached hydrogens (tertiary/aromatic N) is 3. The first-order valence-corrected chi connectivity index (χ1v) is 9.33. The van der Waals surface area contributed by atoms with E-state index in [1.54, 1.807) is 29.3 Å². The number of likely N-dealkylation sites (tertiary alicyclic amines) is 1. The van der Waals surface area contributed by atoms with E-state index in [1.165, 1.54) is 12.1 Å². The van der Waals surface area contributed by atoms with Crippen molar-refractivity contribution in [3.8, 4) is 11.3 Å². The van der Waals surface area contributed by atoms with Crippen LogP contribution in [0.2, 0.25) is 0 Å². The normalized spacial score (nSPS) is 21.3. The Morgan fingerprint density at radius 2 is 2.14 bits per heavy atom. The lowest BCUT2D eigenvalue weighted by atomic mass is 10.0. The third-order valence-electron chi connectivity index (χ3n) is 5.57. The average molecular weight is 381 g/mol. The molecule has 1 saturated heterocycles. The van der Waals surface area contributed by atoms with Gasteiger partial charge >= 0.3 is 0 Å². The number of rotatable bonds is 2. The minimum absolute atomic E-state index is 0.115. The quantitative estimate of drug-likeness (QED) is 0.683. The van der Waals surface area contributed by atoms with Crippen LogP contribution in [0.4, 0.5) is 4.39 Å². The van der Waals surface area contributed by atoms with E-state index >= 15 is 0 Å². The van der Waals surface area contributed by atoms with Crippen LogP contribution < -0.4 is 0 Å². The van der Waals surface area contributed by atoms with Crippen LogP contribution in [0.1, 0.15) is 28.6 Å². The highest BCUT2D eigenvalue weighted by molar-refractivity contribution is 5.91. The van der Waals surface area contributed by atoms with Crippen molar-refractivity contribution in [3.05, 3.63) is 65.8 Å². The summed E-state index contributed by atoms with van der Waals surface area (Å²) in [5, 5.41) is 0. The zero-order valence-electron chi connectivity index (χ0n) is 15.5. The van der Waals surface area contributed by atoms with Gasteiger partial charge in [0.1, 0.15) is 29.6 Å². The molecule has 7 heteroatoms. The zero-order chi connectivity index (χ0) is 19.3. The number of ether oxygens (including phenoxy) is 1. The number of hydrogen-bond donors (Lipinski definition) is 0. The molecule has 0 N–H and O–H groups in total. The maximum absolute atomic E-state index is 13.7. The molecule has 1 aromatic carbocycles. The summed E-state index contributed by atoms with van der Waals surface area (Å²) in [6.07, 6.45) is 2.49. The van der Waals surface area contributed by atoms with Gasteiger partial charge in [-0.05, 0) is 37.6 Å². The molecule has 28 heavy (non-hydrogen) atoms. The van der Waals surface area contributed by atoms with Crippen LogP contribution >= 0.6 is 0 Å². The summed E-state index contributed by atoms with van der Waals surface area (Å²) in [5.74, 6) is 1.50. The van der Waals surface area contributed by atoms with Gasteiger partial charge in [-0.1, -0.05) is 12.1 Å². The highest BCUT2D eigenvalue weighted by Gasteiger charge is 2.45. The number of carbonyl (C=O) groups excluding carboxylic acids is 1. The third-order valence-corrected chi connectivity index (χ3v) is 5.57. The molecule has 2 aliphatic heterocycles. The van der Waals surface area contributed by atoms with E-state index in [-0.39, 0.29) is 11.7 Å². The molecule has 1 unspecified atom stereocenters. The average Bonchev–Trinajstić information content (AvgIpc) is 3.40. The summed E-state index contributed by atoms with van der Waals surface area (Å²) >= 11 is 0. The second kappa shape index (κ2) is 6.31. The number of imidazole rings is 1. The Hall–Kier alpha value is -2.93. The molecule has 0 saturated carbocycles. The molecule has 4 heterocycles. The lowest BCUT2D eigenvalue weighted by Crippen LogP contribution is -2.45. The molecule has 1 fully saturated rings. The molecule has 144 valence electrons. The molecule has 0 bridgehead atoms. The number of furan rings is 1. The van der Waals surface area contributed by atoms with Crippen molar-refractivity contribution >= 4 is 5.91 Å². The number of halogens is 1. The fraction of sp³-hybridized carbons (Fsp3) is 0.333. The number of hydrogen-bond acceptors (Lipinski definition) is 4. The first-order chi connectivity index (χ1) is 13.5. The molecule has 5 rings (SSSR count). The lowest BCUT2D eigenvalue weighted by Gasteiger charge is -2.35. The Morgan fingerprint density at radius 3 is 2.93 bits per heavy atom. The van der Waals surface area contributed by atoms with E-state index < -0.39 is 5.60 Å². The molecule has 6 nitrogen and oxygen atoms in total. The highest BCUT2D eigenvalue weighted by atomic mass is 19.1. The van der Waals surface area contributed by atoms with Crippen LogP contribution in [0.15, 0.2) is 47.0 Å². The maximum atomic E-state index is 13.7. The van der Waals surface area contributed by atoms with Gasteiger partial charge in [-0.2, -0.15) is 0 Å². The molecule has 1 amide bonds. The smallest absolute Gasteiger partial charge is 0.289 e. The van der Waals surface area contributed by atoms with Gasteiger partial charge in [-0.3, -0.25) is 4.79 Å². The number of benzene rings is 1. The Labute approximate surface area is 161 Å². The van der Waals surface area contributed by atoms with Gasteiger partial charge < -0.3 is 18.6 Å². The summed E-state index contributed by atoms with van der Waals surface area (Å²) in [5.41, 5.74) is 1.18. The molecule has 3 aromatic rings. The van der Waals surface area contributed by atoms with Crippen LogP contribution in [0.5, 0.6) is 0 Å². The molecular formula is C21H20FN3O3. The van der Waals surface area contributed by atoms with Crippen LogP contribution in [0.3, 0.4) is 0 Å². The maximum Gasteiger partial charge on any atom is 0.289 e. The van der Waals surface area contributed by atoms with Crippen molar-refractivity contribution in [2.75, 3.05) is 13.1 Å². The SMILES string of the molecule is Cc1ccc(C(=O)N2CCC3(C2)Cn2c(-c4cccc(F)c4)cnc2CO3)o1. The van der Waals surface area contributed by atoms with E-state index in [0.29, 0.717) is 37.8 Å². The summed E-state index contributed by atoms with van der Waals surface area (Å²) in [6.45, 7) is 3.87. The molecule has 2 aromatic heterocycles. The van der Waals surface area contributed by atoms with E-state index in [9.17, 15) is 9.18 Å². The Morgan fingerprint density at radius 1 is 1.25 bits per heavy atom. The predicted octanol–water partition coefficient (Wildman–Crippen LogP) is 3.41. The van der Waals surface area contributed by atoms with E-state index in [4.69, 9.17) is 9.15 Å². The van der Waals surface area contributed by atoms with Gasteiger partial charge in [-0.15, -0.1) is 0 Å². The standard InChI is InChI=1S/C21H20FN3O3/c1-14-5-6-18(28-14)20(26)24-8-7-21(12-24)13-25-17(10-23-19(25)11-27-21)15-3-2-4-16(22)9-15/h2-6,9-10H,7-8,11-13H2,1H3. The first kappa shape index (κ1) is 17.2. The summed E-state index contributed by atoms with van der Waals surface area (Å²) in [4.78, 5) is 18.9. The van der Waals surface area contributed by atoms with Gasteiger partial charge in [-0.25, -0.2) is 9.37 Å². The van der Waals surface area contributed by atoms with Crippen molar-refractivity contribution in [1.29, 1.82) is 0 Å². The number of aromatic nitrogens is 2. The van der Waals surface area contributed by atoms with Crippen LogP contribution in [0, 0.1) is 12.7 Å². The fourth-order valence-corrected chi connectivity index (χ4v) is 4.11. The van der Waals surface area contributed by atoms with Crippen LogP contribution in [0.25, 0.3) is 11.3 Å². The van der Waals surface area contributed by atoms with Crippen molar-refractivity contribution in [3.63, 3.8) is 0 Å². The van der Waals surface area contributed by atoms with Crippen molar-refractivity contribution < 1.29 is 18.3 Å². The van der Waals surface area contributed by atoms with Gasteiger partial charge in [0.25, 0.3) is 5.91 Å². The monoisotopic (exact) mass is 381 g/mol. The molecule has 2 aliphatic rings. The summed E-state index contributed by atoms with van der Waals surface area (Å²) in [6, 6.07) is 10.0. The Bertz CT molecular complexity index is 1060. The van der Waals surface area contributed by atoms with Gasteiger partial charge in [0.15, 0.2) is 5.76 Å². The fourth-order valence-electron chi connectivity index (χ4n) is 4.11. The molecule has 1 spiro atoms. The van der Waals surface area contributed by atoms with Crippen molar-refractivity contribution in [1.82, 2.24) is 14.5 Å². The van der Waals surface area contributed by atoms with Crippen LogP contribution in [-0.4, -0.2) is 39.0 Å².